The average molecular weight is 293 g/mol. The van der Waals surface area contributed by atoms with E-state index in [2.05, 4.69) is 10.3 Å². The maximum absolute atomic E-state index is 13.1. The van der Waals surface area contributed by atoms with Gasteiger partial charge in [0, 0.05) is 0 Å². The van der Waals surface area contributed by atoms with Crippen LogP contribution in [0.25, 0.3) is 10.2 Å². The predicted molar refractivity (Wildman–Crippen MR) is 79.0 cm³/mol. The lowest BCUT2D eigenvalue weighted by molar-refractivity contribution is 0.630. The van der Waals surface area contributed by atoms with E-state index in [1.165, 1.54) is 23.5 Å². The van der Waals surface area contributed by atoms with Crippen molar-refractivity contribution >= 4 is 44.0 Å². The zero-order valence-corrected chi connectivity index (χ0v) is 11.6. The smallest absolute Gasteiger partial charge is 0.188 e. The fourth-order valence-electron chi connectivity index (χ4n) is 1.80. The van der Waals surface area contributed by atoms with Gasteiger partial charge in [-0.1, -0.05) is 29.0 Å². The Labute approximate surface area is 118 Å². The second-order valence-corrected chi connectivity index (χ2v) is 5.68. The molecule has 1 heterocycles. The summed E-state index contributed by atoms with van der Waals surface area (Å²) in [5, 5.41) is 4.51. The molecule has 2 nitrogen and oxygen atoms in total. The number of thiazole rings is 1. The minimum atomic E-state index is -0.253. The molecular formula is C14H10ClFN2S. The molecule has 0 aliphatic rings. The molecule has 0 fully saturated rings. The van der Waals surface area contributed by atoms with E-state index in [1.807, 2.05) is 25.1 Å². The summed E-state index contributed by atoms with van der Waals surface area (Å²) in [6.45, 7) is 2.00. The molecule has 3 aromatic rings. The van der Waals surface area contributed by atoms with E-state index in [-0.39, 0.29) is 5.82 Å². The topological polar surface area (TPSA) is 24.9 Å². The highest BCUT2D eigenvalue weighted by Gasteiger charge is 2.07. The van der Waals surface area contributed by atoms with Gasteiger partial charge in [-0.05, 0) is 42.8 Å². The second-order valence-electron chi connectivity index (χ2n) is 4.24. The molecule has 0 radical (unpaired) electrons. The van der Waals surface area contributed by atoms with Gasteiger partial charge < -0.3 is 5.32 Å². The minimum Gasteiger partial charge on any atom is -0.330 e. The third kappa shape index (κ3) is 2.55. The quantitative estimate of drug-likeness (QED) is 0.707. The molecule has 0 unspecified atom stereocenters. The monoisotopic (exact) mass is 292 g/mol. The van der Waals surface area contributed by atoms with Gasteiger partial charge >= 0.3 is 0 Å². The van der Waals surface area contributed by atoms with Gasteiger partial charge in [0.2, 0.25) is 0 Å². The first-order chi connectivity index (χ1) is 9.11. The maximum Gasteiger partial charge on any atom is 0.188 e. The third-order valence-corrected chi connectivity index (χ3v) is 3.98. The number of benzene rings is 2. The molecular weight excluding hydrogens is 283 g/mol. The number of aryl methyl sites for hydroxylation is 1. The summed E-state index contributed by atoms with van der Waals surface area (Å²) in [5.74, 6) is -0.253. The molecule has 0 amide bonds. The lowest BCUT2D eigenvalue weighted by atomic mass is 10.2. The lowest BCUT2D eigenvalue weighted by Crippen LogP contribution is -1.90. The SMILES string of the molecule is Cc1ccc(Cl)c(Nc2nc3ccc(F)cc3s2)c1. The molecule has 2 aromatic carbocycles. The number of halogens is 2. The van der Waals surface area contributed by atoms with Crippen LogP contribution in [0.1, 0.15) is 5.56 Å². The summed E-state index contributed by atoms with van der Waals surface area (Å²) < 4.78 is 13.9. The Bertz CT molecular complexity index is 754. The number of nitrogens with zero attached hydrogens (tertiary/aromatic N) is 1. The number of hydrogen-bond acceptors (Lipinski definition) is 3. The third-order valence-electron chi connectivity index (χ3n) is 2.71. The van der Waals surface area contributed by atoms with Crippen molar-refractivity contribution in [3.63, 3.8) is 0 Å². The van der Waals surface area contributed by atoms with Crippen LogP contribution in [0.5, 0.6) is 0 Å². The van der Waals surface area contributed by atoms with Crippen molar-refractivity contribution in [1.29, 1.82) is 0 Å². The Hall–Kier alpha value is -1.65. The van der Waals surface area contributed by atoms with Crippen molar-refractivity contribution in [3.05, 3.63) is 52.8 Å². The van der Waals surface area contributed by atoms with E-state index >= 15 is 0 Å². The highest BCUT2D eigenvalue weighted by atomic mass is 35.5. The fraction of sp³-hybridized carbons (Fsp3) is 0.0714. The zero-order chi connectivity index (χ0) is 13.4. The van der Waals surface area contributed by atoms with Gasteiger partial charge in [-0.2, -0.15) is 0 Å². The molecule has 0 spiro atoms. The van der Waals surface area contributed by atoms with Crippen molar-refractivity contribution in [2.45, 2.75) is 6.92 Å². The van der Waals surface area contributed by atoms with Gasteiger partial charge in [0.15, 0.2) is 5.13 Å². The van der Waals surface area contributed by atoms with Crippen molar-refractivity contribution in [1.82, 2.24) is 4.98 Å². The molecule has 0 aliphatic heterocycles. The molecule has 3 rings (SSSR count). The Balaban J connectivity index is 1.98. The summed E-state index contributed by atoms with van der Waals surface area (Å²) in [7, 11) is 0. The van der Waals surface area contributed by atoms with E-state index in [0.717, 1.165) is 21.5 Å². The summed E-state index contributed by atoms with van der Waals surface area (Å²) in [5.41, 5.74) is 2.69. The predicted octanol–water partition coefficient (Wildman–Crippen LogP) is 5.14. The van der Waals surface area contributed by atoms with Crippen LogP contribution in [-0.2, 0) is 0 Å². The molecule has 0 bridgehead atoms. The largest absolute Gasteiger partial charge is 0.330 e. The van der Waals surface area contributed by atoms with Crippen LogP contribution in [-0.4, -0.2) is 4.98 Å². The van der Waals surface area contributed by atoms with Gasteiger partial charge in [0.1, 0.15) is 5.82 Å². The van der Waals surface area contributed by atoms with Crippen molar-refractivity contribution in [3.8, 4) is 0 Å². The van der Waals surface area contributed by atoms with Crippen LogP contribution in [0.2, 0.25) is 5.02 Å². The first-order valence-electron chi connectivity index (χ1n) is 5.71. The first kappa shape index (κ1) is 12.4. The maximum atomic E-state index is 13.1. The highest BCUT2D eigenvalue weighted by Crippen LogP contribution is 2.31. The van der Waals surface area contributed by atoms with Crippen molar-refractivity contribution in [2.75, 3.05) is 5.32 Å². The van der Waals surface area contributed by atoms with Gasteiger partial charge in [0.05, 0.1) is 20.9 Å². The molecule has 5 heteroatoms. The van der Waals surface area contributed by atoms with Gasteiger partial charge in [-0.3, -0.25) is 0 Å². The molecule has 0 saturated carbocycles. The molecule has 0 saturated heterocycles. The van der Waals surface area contributed by atoms with Gasteiger partial charge in [-0.15, -0.1) is 0 Å². The van der Waals surface area contributed by atoms with Crippen LogP contribution in [0.15, 0.2) is 36.4 Å². The molecule has 96 valence electrons. The van der Waals surface area contributed by atoms with Crippen LogP contribution in [0.3, 0.4) is 0 Å². The van der Waals surface area contributed by atoms with E-state index < -0.39 is 0 Å². The van der Waals surface area contributed by atoms with E-state index in [1.54, 1.807) is 6.07 Å². The van der Waals surface area contributed by atoms with Crippen molar-refractivity contribution < 1.29 is 4.39 Å². The summed E-state index contributed by atoms with van der Waals surface area (Å²) in [4.78, 5) is 4.40. The first-order valence-corrected chi connectivity index (χ1v) is 6.90. The molecule has 1 aromatic heterocycles. The second kappa shape index (κ2) is 4.79. The molecule has 19 heavy (non-hydrogen) atoms. The number of anilines is 2. The number of rotatable bonds is 2. The van der Waals surface area contributed by atoms with E-state index in [4.69, 9.17) is 11.6 Å². The Morgan fingerprint density at radius 1 is 1.21 bits per heavy atom. The Kier molecular flexibility index (Phi) is 3.12. The molecule has 1 N–H and O–H groups in total. The zero-order valence-electron chi connectivity index (χ0n) is 10.1. The number of nitrogens with one attached hydrogen (secondary N) is 1. The van der Waals surface area contributed by atoms with Crippen molar-refractivity contribution in [2.24, 2.45) is 0 Å². The fourth-order valence-corrected chi connectivity index (χ4v) is 2.87. The number of fused-ring (bicyclic) bond motifs is 1. The minimum absolute atomic E-state index is 0.253. The van der Waals surface area contributed by atoms with E-state index in [9.17, 15) is 4.39 Å². The normalized spacial score (nSPS) is 10.9. The lowest BCUT2D eigenvalue weighted by Gasteiger charge is -2.05. The van der Waals surface area contributed by atoms with Crippen LogP contribution in [0.4, 0.5) is 15.2 Å². The standard InChI is InChI=1S/C14H10ClFN2S/c1-8-2-4-10(15)12(6-8)18-14-17-11-5-3-9(16)7-13(11)19-14/h2-7H,1H3,(H,17,18). The van der Waals surface area contributed by atoms with Crippen LogP contribution < -0.4 is 5.32 Å². The van der Waals surface area contributed by atoms with E-state index in [0.29, 0.717) is 10.2 Å². The highest BCUT2D eigenvalue weighted by molar-refractivity contribution is 7.22. The van der Waals surface area contributed by atoms with Crippen LogP contribution in [0, 0.1) is 12.7 Å². The van der Waals surface area contributed by atoms with Gasteiger partial charge in [0.25, 0.3) is 0 Å². The Morgan fingerprint density at radius 3 is 2.89 bits per heavy atom. The average Bonchev–Trinajstić information content (AvgIpc) is 2.75. The molecule has 0 aliphatic carbocycles. The molecule has 0 atom stereocenters. The summed E-state index contributed by atoms with van der Waals surface area (Å²) in [6.07, 6.45) is 0. The number of hydrogen-bond donors (Lipinski definition) is 1. The number of aromatic nitrogens is 1. The Morgan fingerprint density at radius 2 is 2.05 bits per heavy atom. The summed E-state index contributed by atoms with van der Waals surface area (Å²) in [6, 6.07) is 10.3. The summed E-state index contributed by atoms with van der Waals surface area (Å²) >= 11 is 7.52. The van der Waals surface area contributed by atoms with Gasteiger partial charge in [-0.25, -0.2) is 9.37 Å². The van der Waals surface area contributed by atoms with Crippen LogP contribution >= 0.6 is 22.9 Å².